The minimum Gasteiger partial charge on any atom is -0.324 e. The van der Waals surface area contributed by atoms with Crippen LogP contribution in [0, 0.1) is 0 Å². The third-order valence-electron chi connectivity index (χ3n) is 1.33. The maximum atomic E-state index is 5.59. The van der Waals surface area contributed by atoms with E-state index in [2.05, 4.69) is 11.7 Å². The zero-order valence-corrected chi connectivity index (χ0v) is 5.99. The van der Waals surface area contributed by atoms with Gasteiger partial charge in [-0.05, 0) is 6.92 Å². The molecule has 10 heavy (non-hydrogen) atoms. The highest BCUT2D eigenvalue weighted by Crippen LogP contribution is 2.06. The van der Waals surface area contributed by atoms with Crippen LogP contribution in [0.5, 0.6) is 0 Å². The summed E-state index contributed by atoms with van der Waals surface area (Å²) >= 11 is 0. The van der Waals surface area contributed by atoms with E-state index in [0.29, 0.717) is 0 Å². The van der Waals surface area contributed by atoms with E-state index in [9.17, 15) is 0 Å². The Hall–Kier alpha value is -1.09. The lowest BCUT2D eigenvalue weighted by atomic mass is 10.2. The van der Waals surface area contributed by atoms with Crippen molar-refractivity contribution in [2.24, 2.45) is 5.73 Å². The molecule has 0 radical (unpaired) electrons. The predicted molar refractivity (Wildman–Crippen MR) is 41.2 cm³/mol. The lowest BCUT2D eigenvalue weighted by Gasteiger charge is -1.96. The van der Waals surface area contributed by atoms with Crippen molar-refractivity contribution in [1.29, 1.82) is 0 Å². The van der Waals surface area contributed by atoms with E-state index < -0.39 is 0 Å². The molecule has 54 valence electrons. The standard InChI is InChI=1S/C7H11N3/c1-3-10-5-7(4-9-10)6(2)8/h3-6H,1,8H2,2H3. The van der Waals surface area contributed by atoms with Crippen LogP contribution in [-0.4, -0.2) is 9.78 Å². The minimum absolute atomic E-state index is 0.0497. The fourth-order valence-corrected chi connectivity index (χ4v) is 0.688. The van der Waals surface area contributed by atoms with Gasteiger partial charge in [0.2, 0.25) is 0 Å². The van der Waals surface area contributed by atoms with Crippen molar-refractivity contribution in [3.8, 4) is 0 Å². The topological polar surface area (TPSA) is 43.8 Å². The molecular formula is C7H11N3. The van der Waals surface area contributed by atoms with Crippen molar-refractivity contribution in [2.75, 3.05) is 0 Å². The van der Waals surface area contributed by atoms with Gasteiger partial charge in [-0.25, -0.2) is 4.68 Å². The Kier molecular flexibility index (Phi) is 1.87. The maximum absolute atomic E-state index is 5.59. The highest BCUT2D eigenvalue weighted by atomic mass is 15.2. The first kappa shape index (κ1) is 7.02. The molecule has 0 saturated carbocycles. The summed E-state index contributed by atoms with van der Waals surface area (Å²) in [6, 6.07) is 0.0497. The van der Waals surface area contributed by atoms with Crippen molar-refractivity contribution in [3.63, 3.8) is 0 Å². The second-order valence-electron chi connectivity index (χ2n) is 2.22. The SMILES string of the molecule is C=Cn1cc(C(C)N)cn1. The van der Waals surface area contributed by atoms with Crippen molar-refractivity contribution in [2.45, 2.75) is 13.0 Å². The average Bonchev–Trinajstić information content (AvgIpc) is 2.34. The first-order chi connectivity index (χ1) is 4.74. The highest BCUT2D eigenvalue weighted by molar-refractivity contribution is 5.19. The fraction of sp³-hybridized carbons (Fsp3) is 0.286. The molecule has 0 bridgehead atoms. The molecule has 3 nitrogen and oxygen atoms in total. The molecule has 0 amide bonds. The number of hydrogen-bond acceptors (Lipinski definition) is 2. The van der Waals surface area contributed by atoms with E-state index in [0.717, 1.165) is 5.56 Å². The van der Waals surface area contributed by atoms with Crippen LogP contribution in [0.2, 0.25) is 0 Å². The van der Waals surface area contributed by atoms with Gasteiger partial charge in [0.1, 0.15) is 0 Å². The first-order valence-corrected chi connectivity index (χ1v) is 3.16. The van der Waals surface area contributed by atoms with Crippen LogP contribution in [0.1, 0.15) is 18.5 Å². The van der Waals surface area contributed by atoms with Crippen LogP contribution >= 0.6 is 0 Å². The summed E-state index contributed by atoms with van der Waals surface area (Å²) in [5.74, 6) is 0. The second kappa shape index (κ2) is 2.66. The lowest BCUT2D eigenvalue weighted by molar-refractivity contribution is 0.818. The number of aromatic nitrogens is 2. The van der Waals surface area contributed by atoms with Crippen LogP contribution < -0.4 is 5.73 Å². The Balaban J connectivity index is 2.88. The Morgan fingerprint density at radius 3 is 2.90 bits per heavy atom. The van der Waals surface area contributed by atoms with Gasteiger partial charge in [-0.2, -0.15) is 5.10 Å². The van der Waals surface area contributed by atoms with Crippen LogP contribution in [-0.2, 0) is 0 Å². The Bertz CT molecular complexity index is 225. The van der Waals surface area contributed by atoms with Crippen LogP contribution in [0.4, 0.5) is 0 Å². The maximum Gasteiger partial charge on any atom is 0.0541 e. The van der Waals surface area contributed by atoms with E-state index >= 15 is 0 Å². The Labute approximate surface area is 60.1 Å². The molecule has 1 heterocycles. The van der Waals surface area contributed by atoms with Crippen LogP contribution in [0.25, 0.3) is 6.20 Å². The van der Waals surface area contributed by atoms with Gasteiger partial charge in [-0.3, -0.25) is 0 Å². The monoisotopic (exact) mass is 137 g/mol. The molecule has 1 aromatic rings. The van der Waals surface area contributed by atoms with Gasteiger partial charge in [0.15, 0.2) is 0 Å². The number of hydrogen-bond donors (Lipinski definition) is 1. The molecule has 0 aliphatic heterocycles. The van der Waals surface area contributed by atoms with E-state index in [1.165, 1.54) is 0 Å². The van der Waals surface area contributed by atoms with Gasteiger partial charge in [-0.15, -0.1) is 0 Å². The molecule has 0 spiro atoms. The van der Waals surface area contributed by atoms with Crippen molar-refractivity contribution < 1.29 is 0 Å². The number of nitrogens with zero attached hydrogens (tertiary/aromatic N) is 2. The zero-order chi connectivity index (χ0) is 7.56. The summed E-state index contributed by atoms with van der Waals surface area (Å²) in [6.45, 7) is 5.48. The molecular weight excluding hydrogens is 126 g/mol. The molecule has 0 aliphatic carbocycles. The molecule has 1 rings (SSSR count). The van der Waals surface area contributed by atoms with Crippen molar-refractivity contribution >= 4 is 6.20 Å². The summed E-state index contributed by atoms with van der Waals surface area (Å²) < 4.78 is 1.64. The van der Waals surface area contributed by atoms with E-state index in [1.807, 2.05) is 13.1 Å². The molecule has 0 saturated heterocycles. The molecule has 3 heteroatoms. The predicted octanol–water partition coefficient (Wildman–Crippen LogP) is 1.00. The minimum atomic E-state index is 0.0497. The first-order valence-electron chi connectivity index (χ1n) is 3.16. The Morgan fingerprint density at radius 1 is 1.90 bits per heavy atom. The summed E-state index contributed by atoms with van der Waals surface area (Å²) in [5, 5.41) is 3.97. The van der Waals surface area contributed by atoms with Gasteiger partial charge in [-0.1, -0.05) is 6.58 Å². The molecule has 1 atom stereocenters. The molecule has 0 aromatic carbocycles. The quantitative estimate of drug-likeness (QED) is 0.661. The van der Waals surface area contributed by atoms with E-state index in [4.69, 9.17) is 5.73 Å². The van der Waals surface area contributed by atoms with E-state index in [-0.39, 0.29) is 6.04 Å². The largest absolute Gasteiger partial charge is 0.324 e. The van der Waals surface area contributed by atoms with Gasteiger partial charge in [0.05, 0.1) is 6.20 Å². The lowest BCUT2D eigenvalue weighted by Crippen LogP contribution is -2.02. The second-order valence-corrected chi connectivity index (χ2v) is 2.22. The van der Waals surface area contributed by atoms with Gasteiger partial charge in [0.25, 0.3) is 0 Å². The highest BCUT2D eigenvalue weighted by Gasteiger charge is 1.99. The third-order valence-corrected chi connectivity index (χ3v) is 1.33. The molecule has 0 fully saturated rings. The van der Waals surface area contributed by atoms with Crippen molar-refractivity contribution in [1.82, 2.24) is 9.78 Å². The summed E-state index contributed by atoms with van der Waals surface area (Å²) in [7, 11) is 0. The third kappa shape index (κ3) is 1.25. The zero-order valence-electron chi connectivity index (χ0n) is 5.99. The molecule has 0 aliphatic rings. The van der Waals surface area contributed by atoms with Crippen LogP contribution in [0.15, 0.2) is 19.0 Å². The number of nitrogens with two attached hydrogens (primary N) is 1. The normalized spacial score (nSPS) is 13.0. The molecule has 1 aromatic heterocycles. The number of rotatable bonds is 2. The summed E-state index contributed by atoms with van der Waals surface area (Å²) in [5.41, 5.74) is 6.62. The fourth-order valence-electron chi connectivity index (χ4n) is 0.688. The average molecular weight is 137 g/mol. The van der Waals surface area contributed by atoms with Gasteiger partial charge in [0, 0.05) is 24.0 Å². The summed E-state index contributed by atoms with van der Waals surface area (Å²) in [6.07, 6.45) is 5.23. The van der Waals surface area contributed by atoms with E-state index in [1.54, 1.807) is 17.1 Å². The van der Waals surface area contributed by atoms with Crippen LogP contribution in [0.3, 0.4) is 0 Å². The molecule has 1 unspecified atom stereocenters. The van der Waals surface area contributed by atoms with Gasteiger partial charge >= 0.3 is 0 Å². The van der Waals surface area contributed by atoms with Crippen molar-refractivity contribution in [3.05, 3.63) is 24.5 Å². The smallest absolute Gasteiger partial charge is 0.0541 e. The summed E-state index contributed by atoms with van der Waals surface area (Å²) in [4.78, 5) is 0. The Morgan fingerprint density at radius 2 is 2.60 bits per heavy atom. The van der Waals surface area contributed by atoms with Gasteiger partial charge < -0.3 is 5.73 Å². The molecule has 2 N–H and O–H groups in total.